The van der Waals surface area contributed by atoms with Gasteiger partial charge < -0.3 is 67.4 Å². The van der Waals surface area contributed by atoms with Crippen molar-refractivity contribution in [3.05, 3.63) is 55.1 Å². The van der Waals surface area contributed by atoms with Crippen molar-refractivity contribution in [2.75, 3.05) is 66.0 Å². The predicted octanol–water partition coefficient (Wildman–Crippen LogP) is 9.10. The molecule has 1 aliphatic carbocycles. The number of allylic oxidation sites excluding steroid dienone is 2. The van der Waals surface area contributed by atoms with Crippen molar-refractivity contribution in [3.8, 4) is 0 Å². The largest absolute Gasteiger partial charge is 0.393 e. The van der Waals surface area contributed by atoms with Gasteiger partial charge in [-0.2, -0.15) is 0 Å². The lowest BCUT2D eigenvalue weighted by molar-refractivity contribution is -0.126. The normalized spacial score (nSPS) is 13.7. The highest BCUT2D eigenvalue weighted by Gasteiger charge is 2.21. The molecule has 11 N–H and O–H groups in total. The number of benzene rings is 1. The van der Waals surface area contributed by atoms with E-state index in [0.29, 0.717) is 37.9 Å². The van der Waals surface area contributed by atoms with Gasteiger partial charge in [0.25, 0.3) is 0 Å². The first kappa shape index (κ1) is 90.4. The van der Waals surface area contributed by atoms with Gasteiger partial charge in [-0.3, -0.25) is 24.0 Å². The summed E-state index contributed by atoms with van der Waals surface area (Å²) in [6.07, 6.45) is 22.7. The second kappa shape index (κ2) is 72.9. The third-order valence-electron chi connectivity index (χ3n) is 10.6. The predicted molar refractivity (Wildman–Crippen MR) is 329 cm³/mol. The Labute approximate surface area is 481 Å². The van der Waals surface area contributed by atoms with Crippen LogP contribution in [0, 0.1) is 29.6 Å². The number of aldehydes is 3. The van der Waals surface area contributed by atoms with E-state index in [0.717, 1.165) is 93.7 Å². The maximum atomic E-state index is 10.9. The van der Waals surface area contributed by atoms with E-state index in [1.54, 1.807) is 7.05 Å². The summed E-state index contributed by atoms with van der Waals surface area (Å²) >= 11 is 0. The molecule has 1 aromatic rings. The van der Waals surface area contributed by atoms with Crippen LogP contribution in [0.25, 0.3) is 0 Å². The second-order valence-electron chi connectivity index (χ2n) is 18.9. The van der Waals surface area contributed by atoms with E-state index in [-0.39, 0.29) is 43.3 Å². The van der Waals surface area contributed by atoms with Crippen molar-refractivity contribution in [1.29, 1.82) is 0 Å². The topological polar surface area (TPSA) is 301 Å². The van der Waals surface area contributed by atoms with E-state index < -0.39 is 17.4 Å². The number of para-hydroxylation sites is 1. The maximum absolute atomic E-state index is 10.9. The molecule has 1 saturated carbocycles. The lowest BCUT2D eigenvalue weighted by Crippen LogP contribution is -2.39. The van der Waals surface area contributed by atoms with Gasteiger partial charge in [-0.05, 0) is 129 Å². The van der Waals surface area contributed by atoms with E-state index in [1.807, 2.05) is 106 Å². The van der Waals surface area contributed by atoms with Crippen molar-refractivity contribution >= 4 is 54.5 Å². The number of ketones is 1. The SMILES string of the molecule is C=CC(C)CCCCCC.CC.CC.CC(=O)/C=C\C(N)=O.CC(C=O)CCC1CCC(C=O)CC1.CCCNC(=O)COCC(C)C.CNC(CCC=O)C(N)=O.CNCCOC(C)(C)CO.CNc1ccccc1.NC=O. The molecule has 18 heteroatoms. The zero-order valence-corrected chi connectivity index (χ0v) is 52.5. The fraction of sp³-hybridized carbons (Fsp3) is 0.705. The number of nitrogens with two attached hydrogens (primary N) is 3. The number of nitrogens with one attached hydrogen (secondary N) is 4. The molecule has 1 aromatic carbocycles. The summed E-state index contributed by atoms with van der Waals surface area (Å²) < 4.78 is 10.4. The number of ether oxygens (including phenoxy) is 2. The first-order valence-corrected chi connectivity index (χ1v) is 28.6. The van der Waals surface area contributed by atoms with Crippen LogP contribution in [-0.2, 0) is 47.8 Å². The Morgan fingerprint density at radius 3 is 1.75 bits per heavy atom. The molecule has 79 heavy (non-hydrogen) atoms. The fourth-order valence-electron chi connectivity index (χ4n) is 5.84. The highest BCUT2D eigenvalue weighted by molar-refractivity contribution is 5.95. The van der Waals surface area contributed by atoms with Crippen molar-refractivity contribution in [2.45, 2.75) is 192 Å². The number of aliphatic hydroxyl groups is 1. The number of aliphatic hydroxyl groups excluding tert-OH is 1. The lowest BCUT2D eigenvalue weighted by atomic mass is 9.80. The molecule has 4 amide bonds. The quantitative estimate of drug-likeness (QED) is 0.0154. The van der Waals surface area contributed by atoms with Gasteiger partial charge in [0.1, 0.15) is 25.5 Å². The molecule has 0 aromatic heterocycles. The van der Waals surface area contributed by atoms with Crippen LogP contribution in [0.4, 0.5) is 5.69 Å². The summed E-state index contributed by atoms with van der Waals surface area (Å²) in [5.41, 5.74) is 14.6. The Morgan fingerprint density at radius 2 is 1.38 bits per heavy atom. The van der Waals surface area contributed by atoms with Gasteiger partial charge >= 0.3 is 0 Å². The smallest absolute Gasteiger partial charge is 0.245 e. The Bertz CT molecular complexity index is 1530. The summed E-state index contributed by atoms with van der Waals surface area (Å²) in [5, 5.41) is 20.2. The second-order valence-corrected chi connectivity index (χ2v) is 18.9. The molecule has 0 heterocycles. The zero-order chi connectivity index (χ0) is 62.7. The van der Waals surface area contributed by atoms with Crippen molar-refractivity contribution in [1.82, 2.24) is 16.0 Å². The number of anilines is 1. The van der Waals surface area contributed by atoms with Crippen LogP contribution in [0.5, 0.6) is 0 Å². The molecule has 2 rings (SSSR count). The van der Waals surface area contributed by atoms with Gasteiger partial charge in [0, 0.05) is 56.8 Å². The average Bonchev–Trinajstić information content (AvgIpc) is 3.45. The number of rotatable bonds is 30. The Kier molecular flexibility index (Phi) is 83.4. The van der Waals surface area contributed by atoms with Crippen LogP contribution < -0.4 is 38.5 Å². The van der Waals surface area contributed by atoms with Crippen LogP contribution in [-0.4, -0.2) is 126 Å². The van der Waals surface area contributed by atoms with Gasteiger partial charge in [0.15, 0.2) is 5.78 Å². The summed E-state index contributed by atoms with van der Waals surface area (Å²) in [5.74, 6) is 1.29. The Morgan fingerprint density at radius 1 is 0.810 bits per heavy atom. The number of primary amides is 3. The van der Waals surface area contributed by atoms with E-state index in [2.05, 4.69) is 67.0 Å². The molecule has 1 fully saturated rings. The average molecular weight is 1130 g/mol. The zero-order valence-electron chi connectivity index (χ0n) is 52.5. The molecule has 3 atom stereocenters. The third kappa shape index (κ3) is 84.3. The Hall–Kier alpha value is -5.14. The number of hydrogen-bond donors (Lipinski definition) is 8. The molecule has 0 radical (unpaired) electrons. The minimum atomic E-state index is -0.597. The summed E-state index contributed by atoms with van der Waals surface area (Å²) in [6, 6.07) is 9.70. The molecule has 1 aliphatic rings. The van der Waals surface area contributed by atoms with Crippen molar-refractivity contribution in [3.63, 3.8) is 0 Å². The van der Waals surface area contributed by atoms with Gasteiger partial charge in [0.2, 0.25) is 24.1 Å². The molecular weight excluding hydrogens is 1010 g/mol. The highest BCUT2D eigenvalue weighted by atomic mass is 16.5. The van der Waals surface area contributed by atoms with Crippen LogP contribution >= 0.6 is 0 Å². The maximum Gasteiger partial charge on any atom is 0.245 e. The summed E-state index contributed by atoms with van der Waals surface area (Å²) in [6.45, 7) is 32.6. The number of amides is 4. The monoisotopic (exact) mass is 1130 g/mol. The van der Waals surface area contributed by atoms with Crippen LogP contribution in [0.1, 0.15) is 180 Å². The first-order chi connectivity index (χ1) is 37.5. The van der Waals surface area contributed by atoms with Crippen molar-refractivity contribution < 1.29 is 52.9 Å². The molecule has 464 valence electrons. The van der Waals surface area contributed by atoms with Crippen LogP contribution in [0.15, 0.2) is 55.1 Å². The van der Waals surface area contributed by atoms with E-state index in [4.69, 9.17) is 25.1 Å². The standard InChI is InChI=1S/C12H20O2.C10H20.C9H19NO2.C7H17NO2.C7H9N.C6H12N2O2.C5H7NO2.2C2H6.CH3NO/c1-10(8-13)2-3-11-4-6-12(9-14)7-5-11;1-4-6-7-8-9-10(3)5-2;1-4-5-10-9(11)7-12-6-8(2)3;1-7(2,6-9)10-5-4-8-3;1-8-7-5-3-2-4-6-7;1-8-5(6(7)10)3-2-4-9;1-4(7)2-3-5(6)8;2*1-2;2-1-3/h8-12H,2-7H2,1H3;5,10H,2,4,6-9H2,1,3H3;8H,4-7H2,1-3H3,(H,10,11);8-9H,4-6H2,1-3H3;2-6,8H,1H3;4-5,8H,2-3H2,1H3,(H2,7,10);2-3H,1H3,(H2,6,8);2*1-2H3;1H,(H2,2,3)/b;;;;;;3-2-;;;. The van der Waals surface area contributed by atoms with Gasteiger partial charge in [-0.1, -0.05) is 119 Å². The molecule has 0 spiro atoms. The molecule has 0 aliphatic heterocycles. The van der Waals surface area contributed by atoms with Crippen molar-refractivity contribution in [2.24, 2.45) is 46.8 Å². The van der Waals surface area contributed by atoms with E-state index in [9.17, 15) is 33.6 Å². The molecule has 18 nitrogen and oxygen atoms in total. The number of unbranched alkanes of at least 4 members (excludes halogenated alkanes) is 3. The lowest BCUT2D eigenvalue weighted by Gasteiger charge is -2.25. The van der Waals surface area contributed by atoms with Gasteiger partial charge in [0.05, 0.1) is 24.9 Å². The van der Waals surface area contributed by atoms with Gasteiger partial charge in [-0.25, -0.2) is 0 Å². The van der Waals surface area contributed by atoms with E-state index in [1.165, 1.54) is 51.9 Å². The summed E-state index contributed by atoms with van der Waals surface area (Å²) in [7, 11) is 5.42. The van der Waals surface area contributed by atoms with Crippen LogP contribution in [0.2, 0.25) is 0 Å². The fourth-order valence-corrected chi connectivity index (χ4v) is 5.84. The highest BCUT2D eigenvalue weighted by Crippen LogP contribution is 2.31. The minimum Gasteiger partial charge on any atom is -0.393 e. The minimum absolute atomic E-state index is 0.0162. The molecular formula is C61H119N7O11. The number of carbonyl (C=O) groups excluding carboxylic acids is 8. The van der Waals surface area contributed by atoms with Gasteiger partial charge in [-0.15, -0.1) is 6.58 Å². The Balaban J connectivity index is -0.000000122. The molecule has 0 saturated heterocycles. The number of hydrogen-bond acceptors (Lipinski definition) is 14. The van der Waals surface area contributed by atoms with E-state index >= 15 is 0 Å². The molecule has 3 unspecified atom stereocenters. The number of carbonyl (C=O) groups is 8. The number of likely N-dealkylation sites (N-methyl/N-ethyl adjacent to an activating group) is 2. The first-order valence-electron chi connectivity index (χ1n) is 28.6. The third-order valence-corrected chi connectivity index (χ3v) is 10.6. The molecule has 0 bridgehead atoms. The summed E-state index contributed by atoms with van der Waals surface area (Å²) in [4.78, 5) is 80.8. The van der Waals surface area contributed by atoms with Crippen LogP contribution in [0.3, 0.4) is 0 Å².